The molecule has 0 aliphatic heterocycles. The summed E-state index contributed by atoms with van der Waals surface area (Å²) in [4.78, 5) is 3.62. The Balaban J connectivity index is 2.70. The number of hydrogen-bond acceptors (Lipinski definition) is 3. The van der Waals surface area contributed by atoms with Gasteiger partial charge in [0, 0.05) is 23.4 Å². The van der Waals surface area contributed by atoms with Crippen molar-refractivity contribution in [1.29, 1.82) is 0 Å². The van der Waals surface area contributed by atoms with Crippen LogP contribution in [0.2, 0.25) is 0 Å². The van der Waals surface area contributed by atoms with Crippen LogP contribution in [0.15, 0.2) is 17.5 Å². The standard InChI is InChI=1S/C10H18N2S/c1-8(9(7-11)12(2)3)10-5-4-6-13-10/h4-6,8-9H,7,11H2,1-3H3. The molecule has 0 fully saturated rings. The minimum absolute atomic E-state index is 0.443. The minimum Gasteiger partial charge on any atom is -0.329 e. The fraction of sp³-hybridized carbons (Fsp3) is 0.600. The summed E-state index contributed by atoms with van der Waals surface area (Å²) in [6, 6.07) is 4.72. The highest BCUT2D eigenvalue weighted by atomic mass is 32.1. The third kappa shape index (κ3) is 2.53. The zero-order valence-electron chi connectivity index (χ0n) is 8.53. The van der Waals surface area contributed by atoms with Crippen molar-refractivity contribution in [3.05, 3.63) is 22.4 Å². The van der Waals surface area contributed by atoms with Crippen molar-refractivity contribution in [2.75, 3.05) is 20.6 Å². The van der Waals surface area contributed by atoms with Crippen LogP contribution in [0.5, 0.6) is 0 Å². The van der Waals surface area contributed by atoms with Gasteiger partial charge in [0.05, 0.1) is 0 Å². The van der Waals surface area contributed by atoms with E-state index < -0.39 is 0 Å². The number of hydrogen-bond donors (Lipinski definition) is 1. The second kappa shape index (κ2) is 4.74. The summed E-state index contributed by atoms with van der Waals surface area (Å²) in [6.07, 6.45) is 0. The van der Waals surface area contributed by atoms with Gasteiger partial charge in [0.25, 0.3) is 0 Å². The SMILES string of the molecule is CC(c1cccs1)C(CN)N(C)C. The molecule has 0 aromatic carbocycles. The van der Waals surface area contributed by atoms with Gasteiger partial charge in [-0.3, -0.25) is 0 Å². The fourth-order valence-electron chi connectivity index (χ4n) is 1.60. The Morgan fingerprint density at radius 2 is 2.23 bits per heavy atom. The number of rotatable bonds is 4. The quantitative estimate of drug-likeness (QED) is 0.798. The minimum atomic E-state index is 0.443. The molecule has 0 bridgehead atoms. The van der Waals surface area contributed by atoms with E-state index in [1.807, 2.05) is 11.3 Å². The van der Waals surface area contributed by atoms with Gasteiger partial charge in [0.15, 0.2) is 0 Å². The van der Waals surface area contributed by atoms with Crippen molar-refractivity contribution in [1.82, 2.24) is 4.90 Å². The summed E-state index contributed by atoms with van der Waals surface area (Å²) in [5, 5.41) is 2.12. The van der Waals surface area contributed by atoms with Crippen molar-refractivity contribution in [2.45, 2.75) is 18.9 Å². The monoisotopic (exact) mass is 198 g/mol. The van der Waals surface area contributed by atoms with Gasteiger partial charge < -0.3 is 10.6 Å². The van der Waals surface area contributed by atoms with E-state index in [2.05, 4.69) is 43.4 Å². The molecule has 2 nitrogen and oxygen atoms in total. The van der Waals surface area contributed by atoms with Gasteiger partial charge in [0.2, 0.25) is 0 Å². The Morgan fingerprint density at radius 1 is 1.54 bits per heavy atom. The molecular formula is C10H18N2S. The molecule has 0 saturated carbocycles. The zero-order chi connectivity index (χ0) is 9.84. The highest BCUT2D eigenvalue weighted by molar-refractivity contribution is 7.10. The van der Waals surface area contributed by atoms with Crippen LogP contribution in [0.1, 0.15) is 17.7 Å². The molecule has 0 amide bonds. The molecule has 2 unspecified atom stereocenters. The first-order chi connectivity index (χ1) is 6.16. The van der Waals surface area contributed by atoms with E-state index in [-0.39, 0.29) is 0 Å². The summed E-state index contributed by atoms with van der Waals surface area (Å²) in [7, 11) is 4.17. The number of thiophene rings is 1. The molecule has 0 aliphatic carbocycles. The average Bonchev–Trinajstić information content (AvgIpc) is 2.56. The van der Waals surface area contributed by atoms with Crippen LogP contribution in [-0.2, 0) is 0 Å². The largest absolute Gasteiger partial charge is 0.329 e. The number of nitrogens with two attached hydrogens (primary N) is 1. The highest BCUT2D eigenvalue weighted by Crippen LogP contribution is 2.25. The van der Waals surface area contributed by atoms with Crippen LogP contribution in [0.3, 0.4) is 0 Å². The predicted octanol–water partition coefficient (Wildman–Crippen LogP) is 1.74. The topological polar surface area (TPSA) is 29.3 Å². The lowest BCUT2D eigenvalue weighted by Crippen LogP contribution is -2.38. The van der Waals surface area contributed by atoms with E-state index in [4.69, 9.17) is 5.73 Å². The van der Waals surface area contributed by atoms with Crippen LogP contribution in [0.25, 0.3) is 0 Å². The van der Waals surface area contributed by atoms with Gasteiger partial charge in [-0.05, 0) is 25.5 Å². The molecule has 0 radical (unpaired) electrons. The molecule has 1 heterocycles. The molecule has 2 atom stereocenters. The van der Waals surface area contributed by atoms with Crippen molar-refractivity contribution in [2.24, 2.45) is 5.73 Å². The van der Waals surface area contributed by atoms with Gasteiger partial charge in [0.1, 0.15) is 0 Å². The van der Waals surface area contributed by atoms with E-state index in [1.54, 1.807) is 0 Å². The normalized spacial score (nSPS) is 16.1. The predicted molar refractivity (Wildman–Crippen MR) is 59.3 cm³/mol. The maximum atomic E-state index is 5.74. The van der Waals surface area contributed by atoms with Crippen LogP contribution in [0.4, 0.5) is 0 Å². The second-order valence-electron chi connectivity index (χ2n) is 3.57. The van der Waals surface area contributed by atoms with E-state index in [1.165, 1.54) is 4.88 Å². The van der Waals surface area contributed by atoms with Crippen molar-refractivity contribution in [3.8, 4) is 0 Å². The van der Waals surface area contributed by atoms with Gasteiger partial charge in [-0.1, -0.05) is 13.0 Å². The molecule has 13 heavy (non-hydrogen) atoms. The highest BCUT2D eigenvalue weighted by Gasteiger charge is 2.19. The smallest absolute Gasteiger partial charge is 0.0286 e. The van der Waals surface area contributed by atoms with Crippen LogP contribution < -0.4 is 5.73 Å². The molecule has 2 N–H and O–H groups in total. The lowest BCUT2D eigenvalue weighted by molar-refractivity contribution is 0.268. The molecule has 1 rings (SSSR count). The van der Waals surface area contributed by atoms with Gasteiger partial charge in [-0.25, -0.2) is 0 Å². The molecule has 1 aromatic rings. The third-order valence-corrected chi connectivity index (χ3v) is 3.55. The van der Waals surface area contributed by atoms with Crippen molar-refractivity contribution >= 4 is 11.3 Å². The first-order valence-corrected chi connectivity index (χ1v) is 5.44. The lowest BCUT2D eigenvalue weighted by Gasteiger charge is -2.28. The summed E-state index contributed by atoms with van der Waals surface area (Å²) in [5.41, 5.74) is 5.74. The zero-order valence-corrected chi connectivity index (χ0v) is 9.34. The Labute approximate surface area is 84.4 Å². The molecule has 74 valence electrons. The van der Waals surface area contributed by atoms with Crippen LogP contribution in [0, 0.1) is 0 Å². The van der Waals surface area contributed by atoms with Gasteiger partial charge in [-0.2, -0.15) is 0 Å². The molecule has 3 heteroatoms. The second-order valence-corrected chi connectivity index (χ2v) is 4.55. The van der Waals surface area contributed by atoms with Crippen molar-refractivity contribution in [3.63, 3.8) is 0 Å². The Kier molecular flexibility index (Phi) is 3.90. The average molecular weight is 198 g/mol. The van der Waals surface area contributed by atoms with Gasteiger partial charge >= 0.3 is 0 Å². The van der Waals surface area contributed by atoms with Gasteiger partial charge in [-0.15, -0.1) is 11.3 Å². The van der Waals surface area contributed by atoms with Crippen molar-refractivity contribution < 1.29 is 0 Å². The Morgan fingerprint density at radius 3 is 2.62 bits per heavy atom. The van der Waals surface area contributed by atoms with Crippen LogP contribution >= 0.6 is 11.3 Å². The molecule has 0 spiro atoms. The first-order valence-electron chi connectivity index (χ1n) is 4.56. The van der Waals surface area contributed by atoms with E-state index in [0.29, 0.717) is 18.5 Å². The maximum Gasteiger partial charge on any atom is 0.0286 e. The number of nitrogens with zero attached hydrogens (tertiary/aromatic N) is 1. The van der Waals surface area contributed by atoms with E-state index in [9.17, 15) is 0 Å². The summed E-state index contributed by atoms with van der Waals surface area (Å²) >= 11 is 1.81. The number of likely N-dealkylation sites (N-methyl/N-ethyl adjacent to an activating group) is 1. The molecule has 0 aliphatic rings. The Bertz CT molecular complexity index is 231. The molecular weight excluding hydrogens is 180 g/mol. The third-order valence-electron chi connectivity index (χ3n) is 2.47. The Hall–Kier alpha value is -0.380. The van der Waals surface area contributed by atoms with E-state index >= 15 is 0 Å². The van der Waals surface area contributed by atoms with Crippen LogP contribution in [-0.4, -0.2) is 31.6 Å². The lowest BCUT2D eigenvalue weighted by atomic mass is 9.99. The summed E-state index contributed by atoms with van der Waals surface area (Å²) < 4.78 is 0. The summed E-state index contributed by atoms with van der Waals surface area (Å²) in [6.45, 7) is 2.95. The first kappa shape index (κ1) is 10.7. The fourth-order valence-corrected chi connectivity index (χ4v) is 2.45. The molecule has 0 saturated heterocycles. The maximum absolute atomic E-state index is 5.74. The molecule has 1 aromatic heterocycles. The summed E-state index contributed by atoms with van der Waals surface area (Å²) in [5.74, 6) is 0.528. The van der Waals surface area contributed by atoms with E-state index in [0.717, 1.165) is 0 Å².